The minimum absolute atomic E-state index is 0.151. The number of rotatable bonds is 4. The quantitative estimate of drug-likeness (QED) is 0.814. The molecule has 2 rings (SSSR count). The fourth-order valence-corrected chi connectivity index (χ4v) is 2.65. The van der Waals surface area contributed by atoms with E-state index in [9.17, 15) is 9.59 Å². The Balaban J connectivity index is 2.24. The van der Waals surface area contributed by atoms with Crippen LogP contribution in [0.2, 0.25) is 0 Å². The van der Waals surface area contributed by atoms with E-state index in [0.29, 0.717) is 21.0 Å². The Kier molecular flexibility index (Phi) is 3.56. The fourth-order valence-electron chi connectivity index (χ4n) is 1.69. The Bertz CT molecular complexity index is 492. The summed E-state index contributed by atoms with van der Waals surface area (Å²) in [5, 5.41) is 3.23. The van der Waals surface area contributed by atoms with Crippen molar-refractivity contribution in [2.75, 3.05) is 12.3 Å². The van der Waals surface area contributed by atoms with Crippen LogP contribution in [0.3, 0.4) is 0 Å². The molecule has 0 radical (unpaired) electrons. The van der Waals surface area contributed by atoms with Crippen molar-refractivity contribution in [2.24, 2.45) is 0 Å². The second kappa shape index (κ2) is 4.97. The molecule has 0 unspecified atom stereocenters. The minimum Gasteiger partial charge on any atom is -0.462 e. The number of nitrogens with one attached hydrogen (secondary N) is 1. The number of thiophene rings is 1. The first-order chi connectivity index (χ1) is 8.54. The van der Waals surface area contributed by atoms with E-state index in [1.165, 1.54) is 0 Å². The van der Waals surface area contributed by atoms with Gasteiger partial charge in [0, 0.05) is 6.04 Å². The number of carbonyl (C=O) groups is 2. The lowest BCUT2D eigenvalue weighted by atomic mass is 10.1. The number of hydrogen-bond donors (Lipinski definition) is 2. The summed E-state index contributed by atoms with van der Waals surface area (Å²) < 4.78 is 4.93. The Hall–Kier alpha value is -1.56. The van der Waals surface area contributed by atoms with Gasteiger partial charge in [-0.05, 0) is 32.3 Å². The largest absolute Gasteiger partial charge is 0.462 e. The normalized spacial score (nSPS) is 14.3. The molecular weight excluding hydrogens is 252 g/mol. The molecule has 6 heteroatoms. The first-order valence-electron chi connectivity index (χ1n) is 5.91. The number of carbonyl (C=O) groups excluding carboxylic acids is 2. The van der Waals surface area contributed by atoms with Gasteiger partial charge in [-0.3, -0.25) is 4.79 Å². The van der Waals surface area contributed by atoms with Crippen molar-refractivity contribution in [1.82, 2.24) is 5.32 Å². The molecule has 0 bridgehead atoms. The zero-order chi connectivity index (χ0) is 13.3. The maximum atomic E-state index is 12.0. The van der Waals surface area contributed by atoms with E-state index in [-0.39, 0.29) is 18.6 Å². The monoisotopic (exact) mass is 268 g/mol. The van der Waals surface area contributed by atoms with Gasteiger partial charge in [0.25, 0.3) is 5.91 Å². The molecule has 0 aliphatic heterocycles. The smallest absolute Gasteiger partial charge is 0.341 e. The molecule has 0 saturated heterocycles. The van der Waals surface area contributed by atoms with Gasteiger partial charge in [-0.25, -0.2) is 4.79 Å². The van der Waals surface area contributed by atoms with Crippen LogP contribution in [0.25, 0.3) is 0 Å². The second-order valence-corrected chi connectivity index (χ2v) is 5.32. The molecule has 1 aromatic rings. The number of hydrogen-bond acceptors (Lipinski definition) is 5. The SMILES string of the molecule is CCOC(=O)c1c(N)sc(C(=O)NC2CC2)c1C. The summed E-state index contributed by atoms with van der Waals surface area (Å²) in [5.41, 5.74) is 6.72. The predicted molar refractivity (Wildman–Crippen MR) is 69.9 cm³/mol. The van der Waals surface area contributed by atoms with Crippen LogP contribution in [-0.2, 0) is 4.74 Å². The van der Waals surface area contributed by atoms with Crippen LogP contribution in [-0.4, -0.2) is 24.5 Å². The zero-order valence-electron chi connectivity index (χ0n) is 10.4. The third-order valence-electron chi connectivity index (χ3n) is 2.77. The maximum Gasteiger partial charge on any atom is 0.341 e. The van der Waals surface area contributed by atoms with Crippen LogP contribution in [0, 0.1) is 6.92 Å². The molecule has 1 saturated carbocycles. The fraction of sp³-hybridized carbons (Fsp3) is 0.500. The summed E-state index contributed by atoms with van der Waals surface area (Å²) in [6, 6.07) is 0.284. The molecular formula is C12H16N2O3S. The molecule has 0 aromatic carbocycles. The number of anilines is 1. The molecule has 0 atom stereocenters. The van der Waals surface area contributed by atoms with Gasteiger partial charge < -0.3 is 15.8 Å². The van der Waals surface area contributed by atoms with E-state index in [1.807, 2.05) is 0 Å². The van der Waals surface area contributed by atoms with Crippen molar-refractivity contribution in [3.63, 3.8) is 0 Å². The van der Waals surface area contributed by atoms with Crippen molar-refractivity contribution in [1.29, 1.82) is 0 Å². The topological polar surface area (TPSA) is 81.4 Å². The highest BCUT2D eigenvalue weighted by molar-refractivity contribution is 7.18. The molecule has 0 spiro atoms. The van der Waals surface area contributed by atoms with Gasteiger partial charge in [0.05, 0.1) is 17.0 Å². The van der Waals surface area contributed by atoms with Crippen LogP contribution in [0.1, 0.15) is 45.4 Å². The first-order valence-corrected chi connectivity index (χ1v) is 6.73. The first kappa shape index (κ1) is 12.9. The summed E-state index contributed by atoms with van der Waals surface area (Å²) in [5.74, 6) is -0.614. The van der Waals surface area contributed by atoms with Gasteiger partial charge in [-0.2, -0.15) is 0 Å². The molecule has 3 N–H and O–H groups in total. The number of esters is 1. The van der Waals surface area contributed by atoms with E-state index < -0.39 is 5.97 Å². The highest BCUT2D eigenvalue weighted by atomic mass is 32.1. The Morgan fingerprint density at radius 1 is 1.50 bits per heavy atom. The summed E-state index contributed by atoms with van der Waals surface area (Å²) in [7, 11) is 0. The lowest BCUT2D eigenvalue weighted by Crippen LogP contribution is -2.25. The summed E-state index contributed by atoms with van der Waals surface area (Å²) >= 11 is 1.14. The average molecular weight is 268 g/mol. The highest BCUT2D eigenvalue weighted by Crippen LogP contribution is 2.31. The third kappa shape index (κ3) is 2.48. The van der Waals surface area contributed by atoms with Gasteiger partial charge in [-0.15, -0.1) is 11.3 Å². The van der Waals surface area contributed by atoms with Crippen molar-refractivity contribution in [3.05, 3.63) is 16.0 Å². The van der Waals surface area contributed by atoms with Gasteiger partial charge >= 0.3 is 5.97 Å². The predicted octanol–water partition coefficient (Wildman–Crippen LogP) is 1.71. The van der Waals surface area contributed by atoms with E-state index in [1.54, 1.807) is 13.8 Å². The van der Waals surface area contributed by atoms with Crippen molar-refractivity contribution in [3.8, 4) is 0 Å². The number of nitrogen functional groups attached to an aromatic ring is 1. The highest BCUT2D eigenvalue weighted by Gasteiger charge is 2.28. The van der Waals surface area contributed by atoms with Crippen LogP contribution in [0.5, 0.6) is 0 Å². The van der Waals surface area contributed by atoms with Crippen LogP contribution >= 0.6 is 11.3 Å². The molecule has 1 heterocycles. The molecule has 1 fully saturated rings. The van der Waals surface area contributed by atoms with Crippen LogP contribution in [0.4, 0.5) is 5.00 Å². The molecule has 1 aliphatic carbocycles. The number of amides is 1. The van der Waals surface area contributed by atoms with Crippen molar-refractivity contribution in [2.45, 2.75) is 32.7 Å². The van der Waals surface area contributed by atoms with Gasteiger partial charge in [0.1, 0.15) is 5.00 Å². The molecule has 5 nitrogen and oxygen atoms in total. The van der Waals surface area contributed by atoms with Crippen molar-refractivity contribution < 1.29 is 14.3 Å². The summed E-state index contributed by atoms with van der Waals surface area (Å²) in [6.45, 7) is 3.74. The van der Waals surface area contributed by atoms with Gasteiger partial charge in [-0.1, -0.05) is 0 Å². The standard InChI is InChI=1S/C12H16N2O3S/c1-3-17-12(16)8-6(2)9(18-10(8)13)11(15)14-7-4-5-7/h7H,3-5,13H2,1-2H3,(H,14,15). The zero-order valence-corrected chi connectivity index (χ0v) is 11.2. The molecule has 1 aliphatic rings. The minimum atomic E-state index is -0.464. The van der Waals surface area contributed by atoms with Crippen LogP contribution < -0.4 is 11.1 Å². The Labute approximate surface area is 109 Å². The number of nitrogens with two attached hydrogens (primary N) is 1. The molecule has 18 heavy (non-hydrogen) atoms. The van der Waals surface area contributed by atoms with E-state index in [0.717, 1.165) is 24.2 Å². The van der Waals surface area contributed by atoms with Gasteiger partial charge in [0.15, 0.2) is 0 Å². The van der Waals surface area contributed by atoms with Crippen LogP contribution in [0.15, 0.2) is 0 Å². The summed E-state index contributed by atoms with van der Waals surface area (Å²) in [6.07, 6.45) is 2.05. The lowest BCUT2D eigenvalue weighted by molar-refractivity contribution is 0.0527. The third-order valence-corrected chi connectivity index (χ3v) is 3.89. The Morgan fingerprint density at radius 3 is 2.72 bits per heavy atom. The van der Waals surface area contributed by atoms with Crippen molar-refractivity contribution >= 4 is 28.2 Å². The molecule has 1 aromatic heterocycles. The molecule has 98 valence electrons. The number of ether oxygens (including phenoxy) is 1. The molecule has 1 amide bonds. The van der Waals surface area contributed by atoms with E-state index in [4.69, 9.17) is 10.5 Å². The lowest BCUT2D eigenvalue weighted by Gasteiger charge is -2.03. The maximum absolute atomic E-state index is 12.0. The van der Waals surface area contributed by atoms with E-state index in [2.05, 4.69) is 5.32 Å². The average Bonchev–Trinajstić information content (AvgIpc) is 3.04. The Morgan fingerprint density at radius 2 is 2.17 bits per heavy atom. The summed E-state index contributed by atoms with van der Waals surface area (Å²) in [4.78, 5) is 24.2. The second-order valence-electron chi connectivity index (χ2n) is 4.26. The van der Waals surface area contributed by atoms with Gasteiger partial charge in [0.2, 0.25) is 0 Å². The van der Waals surface area contributed by atoms with E-state index >= 15 is 0 Å².